The van der Waals surface area contributed by atoms with E-state index in [1.165, 1.54) is 24.3 Å². The van der Waals surface area contributed by atoms with Gasteiger partial charge in [0.25, 0.3) is 0 Å². The molecular formula is C20H24N2O5S. The molecule has 0 aliphatic rings. The molecule has 7 nitrogen and oxygen atoms in total. The van der Waals surface area contributed by atoms with E-state index in [0.717, 1.165) is 25.0 Å². The van der Waals surface area contributed by atoms with E-state index in [0.29, 0.717) is 16.8 Å². The van der Waals surface area contributed by atoms with Gasteiger partial charge >= 0.3 is 5.97 Å². The number of rotatable bonds is 9. The maximum absolute atomic E-state index is 12.2. The fourth-order valence-electron chi connectivity index (χ4n) is 2.63. The van der Waals surface area contributed by atoms with E-state index in [-0.39, 0.29) is 5.78 Å². The minimum absolute atomic E-state index is 0.323. The molecule has 0 aliphatic heterocycles. The van der Waals surface area contributed by atoms with Crippen LogP contribution in [-0.4, -0.2) is 46.1 Å². The number of Topliss-reactive ketones (excluding diaryl/α,β-unsaturated/α-hetero) is 1. The first-order chi connectivity index (χ1) is 13.2. The highest BCUT2D eigenvalue weighted by Crippen LogP contribution is 2.16. The first-order valence-electron chi connectivity index (χ1n) is 8.86. The molecule has 0 saturated carbocycles. The highest BCUT2D eigenvalue weighted by atomic mass is 32.2. The van der Waals surface area contributed by atoms with Crippen LogP contribution in [0.2, 0.25) is 0 Å². The van der Waals surface area contributed by atoms with Gasteiger partial charge in [0.05, 0.1) is 11.8 Å². The molecule has 150 valence electrons. The minimum atomic E-state index is -3.38. The number of ether oxygens (including phenoxy) is 1. The van der Waals surface area contributed by atoms with Crippen LogP contribution < -0.4 is 9.62 Å². The van der Waals surface area contributed by atoms with E-state index < -0.39 is 22.6 Å². The summed E-state index contributed by atoms with van der Waals surface area (Å²) in [5.74, 6) is -0.950. The van der Waals surface area contributed by atoms with Gasteiger partial charge in [0.2, 0.25) is 10.0 Å². The molecule has 0 saturated heterocycles. The number of carbonyl (C=O) groups is 2. The summed E-state index contributed by atoms with van der Waals surface area (Å²) in [6.45, 7) is 5.46. The highest BCUT2D eigenvalue weighted by Gasteiger charge is 2.13. The Morgan fingerprint density at radius 2 is 1.46 bits per heavy atom. The van der Waals surface area contributed by atoms with Gasteiger partial charge in [-0.1, -0.05) is 0 Å². The Labute approximate surface area is 165 Å². The molecule has 1 N–H and O–H groups in total. The van der Waals surface area contributed by atoms with Crippen LogP contribution in [-0.2, 0) is 14.8 Å². The first kappa shape index (κ1) is 21.4. The van der Waals surface area contributed by atoms with Crippen molar-refractivity contribution in [1.82, 2.24) is 0 Å². The Balaban J connectivity index is 1.94. The largest absolute Gasteiger partial charge is 0.454 e. The second kappa shape index (κ2) is 9.36. The topological polar surface area (TPSA) is 92.8 Å². The first-order valence-corrected chi connectivity index (χ1v) is 10.8. The van der Waals surface area contributed by atoms with Crippen LogP contribution >= 0.6 is 0 Å². The smallest absolute Gasteiger partial charge is 0.338 e. The fourth-order valence-corrected chi connectivity index (χ4v) is 3.20. The lowest BCUT2D eigenvalue weighted by Gasteiger charge is -2.20. The molecule has 0 unspecified atom stereocenters. The zero-order chi connectivity index (χ0) is 20.7. The average molecular weight is 404 g/mol. The van der Waals surface area contributed by atoms with E-state index in [9.17, 15) is 18.0 Å². The van der Waals surface area contributed by atoms with Crippen molar-refractivity contribution in [2.24, 2.45) is 0 Å². The maximum Gasteiger partial charge on any atom is 0.338 e. The molecule has 0 bridgehead atoms. The van der Waals surface area contributed by atoms with Crippen LogP contribution in [0.1, 0.15) is 34.6 Å². The molecule has 8 heteroatoms. The van der Waals surface area contributed by atoms with Gasteiger partial charge in [0.15, 0.2) is 12.4 Å². The van der Waals surface area contributed by atoms with Gasteiger partial charge in [0, 0.05) is 30.0 Å². The van der Waals surface area contributed by atoms with Gasteiger partial charge < -0.3 is 9.64 Å². The van der Waals surface area contributed by atoms with Crippen LogP contribution in [0, 0.1) is 0 Å². The molecule has 0 amide bonds. The van der Waals surface area contributed by atoms with Crippen molar-refractivity contribution >= 4 is 33.2 Å². The number of nitrogens with one attached hydrogen (secondary N) is 1. The van der Waals surface area contributed by atoms with Crippen molar-refractivity contribution in [3.05, 3.63) is 59.7 Å². The Morgan fingerprint density at radius 1 is 0.929 bits per heavy atom. The third kappa shape index (κ3) is 6.09. The summed E-state index contributed by atoms with van der Waals surface area (Å²) in [6.07, 6.45) is 1.04. The quantitative estimate of drug-likeness (QED) is 0.510. The molecule has 0 spiro atoms. The third-order valence-corrected chi connectivity index (χ3v) is 4.68. The van der Waals surface area contributed by atoms with Crippen molar-refractivity contribution in [1.29, 1.82) is 0 Å². The molecule has 0 aromatic heterocycles. The zero-order valence-electron chi connectivity index (χ0n) is 16.1. The predicted octanol–water partition coefficient (Wildman–Crippen LogP) is 2.94. The number of carbonyl (C=O) groups excluding carboxylic acids is 2. The summed E-state index contributed by atoms with van der Waals surface area (Å²) in [6, 6.07) is 12.9. The van der Waals surface area contributed by atoms with Gasteiger partial charge in [-0.05, 0) is 62.4 Å². The number of nitrogens with zero attached hydrogens (tertiary/aromatic N) is 1. The number of hydrogen-bond donors (Lipinski definition) is 1. The summed E-state index contributed by atoms with van der Waals surface area (Å²) in [4.78, 5) is 26.5. The Bertz CT molecular complexity index is 918. The van der Waals surface area contributed by atoms with Crippen LogP contribution in [0.5, 0.6) is 0 Å². The number of ketones is 1. The van der Waals surface area contributed by atoms with Gasteiger partial charge in [-0.2, -0.15) is 0 Å². The molecule has 0 heterocycles. The standard InChI is InChI=1S/C20H24N2O5S/c1-4-22(5-2)18-12-8-16(9-13-18)20(24)27-14-19(23)15-6-10-17(11-7-15)21-28(3,25)26/h6-13,21H,4-5,14H2,1-3H3. The van der Waals surface area contributed by atoms with Gasteiger partial charge in [-0.25, -0.2) is 13.2 Å². The Hall–Kier alpha value is -2.87. The average Bonchev–Trinajstić information content (AvgIpc) is 2.66. The Kier molecular flexibility index (Phi) is 7.17. The second-order valence-corrected chi connectivity index (χ2v) is 7.92. The zero-order valence-corrected chi connectivity index (χ0v) is 17.0. The van der Waals surface area contributed by atoms with Gasteiger partial charge in [-0.3, -0.25) is 9.52 Å². The lowest BCUT2D eigenvalue weighted by molar-refractivity contribution is 0.0475. The maximum atomic E-state index is 12.2. The molecule has 2 aromatic carbocycles. The summed E-state index contributed by atoms with van der Waals surface area (Å²) in [5.41, 5.74) is 2.06. The van der Waals surface area contributed by atoms with Crippen LogP contribution in [0.3, 0.4) is 0 Å². The van der Waals surface area contributed by atoms with Crippen molar-refractivity contribution in [3.63, 3.8) is 0 Å². The van der Waals surface area contributed by atoms with Crippen molar-refractivity contribution in [3.8, 4) is 0 Å². The third-order valence-electron chi connectivity index (χ3n) is 4.08. The van der Waals surface area contributed by atoms with Crippen molar-refractivity contribution in [2.75, 3.05) is 35.6 Å². The monoisotopic (exact) mass is 404 g/mol. The molecular weight excluding hydrogens is 380 g/mol. The van der Waals surface area contributed by atoms with Crippen molar-refractivity contribution < 1.29 is 22.7 Å². The van der Waals surface area contributed by atoms with E-state index in [4.69, 9.17) is 4.74 Å². The fraction of sp³-hybridized carbons (Fsp3) is 0.300. The Morgan fingerprint density at radius 3 is 1.96 bits per heavy atom. The molecule has 2 rings (SSSR count). The number of esters is 1. The lowest BCUT2D eigenvalue weighted by Crippen LogP contribution is -2.21. The lowest BCUT2D eigenvalue weighted by atomic mass is 10.1. The van der Waals surface area contributed by atoms with Gasteiger partial charge in [-0.15, -0.1) is 0 Å². The number of hydrogen-bond acceptors (Lipinski definition) is 6. The van der Waals surface area contributed by atoms with Crippen LogP contribution in [0.25, 0.3) is 0 Å². The van der Waals surface area contributed by atoms with Crippen molar-refractivity contribution in [2.45, 2.75) is 13.8 Å². The summed E-state index contributed by atoms with van der Waals surface area (Å²) in [7, 11) is -3.38. The SMILES string of the molecule is CCN(CC)c1ccc(C(=O)OCC(=O)c2ccc(NS(C)(=O)=O)cc2)cc1. The normalized spacial score (nSPS) is 11.0. The van der Waals surface area contributed by atoms with E-state index in [2.05, 4.69) is 23.5 Å². The molecule has 0 aliphatic carbocycles. The minimum Gasteiger partial charge on any atom is -0.454 e. The van der Waals surface area contributed by atoms with E-state index in [1.807, 2.05) is 12.1 Å². The predicted molar refractivity (Wildman–Crippen MR) is 110 cm³/mol. The second-order valence-electron chi connectivity index (χ2n) is 6.17. The van der Waals surface area contributed by atoms with Crippen LogP contribution in [0.15, 0.2) is 48.5 Å². The number of sulfonamides is 1. The van der Waals surface area contributed by atoms with E-state index in [1.54, 1.807) is 12.1 Å². The number of anilines is 2. The molecule has 28 heavy (non-hydrogen) atoms. The summed E-state index contributed by atoms with van der Waals surface area (Å²) < 4.78 is 29.8. The number of benzene rings is 2. The van der Waals surface area contributed by atoms with Gasteiger partial charge in [0.1, 0.15) is 0 Å². The molecule has 0 atom stereocenters. The van der Waals surface area contributed by atoms with Crippen LogP contribution in [0.4, 0.5) is 11.4 Å². The highest BCUT2D eigenvalue weighted by molar-refractivity contribution is 7.92. The molecule has 0 fully saturated rings. The molecule has 0 radical (unpaired) electrons. The summed E-state index contributed by atoms with van der Waals surface area (Å²) >= 11 is 0. The summed E-state index contributed by atoms with van der Waals surface area (Å²) in [5, 5.41) is 0. The molecule has 2 aromatic rings. The van der Waals surface area contributed by atoms with E-state index >= 15 is 0 Å².